The summed E-state index contributed by atoms with van der Waals surface area (Å²) in [6.07, 6.45) is 24.6. The minimum Gasteiger partial charge on any atom is -0.481 e. The standard InChI is InChI=1S/C60H78N12O4/c1-73-59-43(39-75-31-29-69-22-6-7-23-69)35-54-58(68-59)56(50-10-8-12-52(50)66-54)64-46-18-27-72(28-19-46)48-33-42(36-62-37-48)41-15-24-70(38-41)30-32-76-40-44-34-53-57(67-60(44)74-2)55(49-9-4-3-5-11-51(49)65-53)63-45-16-25-71(26-17-45)47-13-20-61-21-14-47/h13-14,20-21,33-37,41,45-46H,3-12,15-19,22-32,38-40H2,1-2H3,(H,63,65)(H,64,66). The summed E-state index contributed by atoms with van der Waals surface area (Å²) in [7, 11) is 3.43. The van der Waals surface area contributed by atoms with E-state index in [4.69, 9.17) is 43.9 Å². The summed E-state index contributed by atoms with van der Waals surface area (Å²) >= 11 is 0. The molecule has 4 saturated heterocycles. The number of piperidine rings is 2. The number of aromatic nitrogens is 6. The van der Waals surface area contributed by atoms with Gasteiger partial charge in [0.1, 0.15) is 11.0 Å². The van der Waals surface area contributed by atoms with Crippen LogP contribution in [-0.2, 0) is 48.4 Å². The van der Waals surface area contributed by atoms with Gasteiger partial charge in [0.15, 0.2) is 0 Å². The summed E-state index contributed by atoms with van der Waals surface area (Å²) in [6.45, 7) is 12.5. The van der Waals surface area contributed by atoms with Gasteiger partial charge in [-0.25, -0.2) is 9.97 Å². The molecular formula is C60H78N12O4. The Morgan fingerprint density at radius 2 is 1.11 bits per heavy atom. The van der Waals surface area contributed by atoms with E-state index in [0.29, 0.717) is 56.2 Å². The molecule has 4 aliphatic heterocycles. The largest absolute Gasteiger partial charge is 0.481 e. The first-order valence-corrected chi connectivity index (χ1v) is 28.8. The van der Waals surface area contributed by atoms with E-state index in [0.717, 1.165) is 161 Å². The van der Waals surface area contributed by atoms with Crippen LogP contribution in [0.15, 0.2) is 55.1 Å². The molecule has 76 heavy (non-hydrogen) atoms. The number of pyridine rings is 6. The average Bonchev–Trinajstić information content (AvgIpc) is 4.29. The molecular weight excluding hydrogens is 953 g/mol. The van der Waals surface area contributed by atoms with Crippen LogP contribution in [0.3, 0.4) is 0 Å². The van der Waals surface area contributed by atoms with Gasteiger partial charge in [-0.1, -0.05) is 6.42 Å². The second-order valence-electron chi connectivity index (χ2n) is 22.2. The summed E-state index contributed by atoms with van der Waals surface area (Å²) in [5.74, 6) is 1.70. The lowest BCUT2D eigenvalue weighted by Crippen LogP contribution is -2.39. The predicted octanol–water partition coefficient (Wildman–Crippen LogP) is 8.92. The Bertz CT molecular complexity index is 2940. The van der Waals surface area contributed by atoms with Crippen molar-refractivity contribution < 1.29 is 18.9 Å². The molecule has 1 atom stereocenters. The van der Waals surface area contributed by atoms with Crippen LogP contribution in [0.5, 0.6) is 11.8 Å². The zero-order valence-electron chi connectivity index (χ0n) is 45.0. The summed E-state index contributed by atoms with van der Waals surface area (Å²) in [5, 5.41) is 8.04. The lowest BCUT2D eigenvalue weighted by molar-refractivity contribution is 0.0972. The molecule has 1 unspecified atom stereocenters. The van der Waals surface area contributed by atoms with Gasteiger partial charge in [-0.05, 0) is 162 Å². The number of nitrogens with zero attached hydrogens (tertiary/aromatic N) is 10. The number of fused-ring (bicyclic) bond motifs is 4. The Morgan fingerprint density at radius 3 is 1.72 bits per heavy atom. The Kier molecular flexibility index (Phi) is 15.9. The van der Waals surface area contributed by atoms with Gasteiger partial charge in [0.25, 0.3) is 0 Å². The molecule has 0 bridgehead atoms. The first-order chi connectivity index (χ1) is 37.5. The smallest absolute Gasteiger partial charge is 0.219 e. The van der Waals surface area contributed by atoms with Crippen LogP contribution in [0.4, 0.5) is 22.7 Å². The number of anilines is 4. The van der Waals surface area contributed by atoms with Crippen molar-refractivity contribution in [2.75, 3.05) is 113 Å². The Labute approximate surface area is 448 Å². The molecule has 6 aromatic rings. The molecule has 12 rings (SSSR count). The number of hydrogen-bond acceptors (Lipinski definition) is 16. The molecule has 2 aliphatic carbocycles. The number of rotatable bonds is 19. The highest BCUT2D eigenvalue weighted by atomic mass is 16.5. The minimum absolute atomic E-state index is 0.341. The lowest BCUT2D eigenvalue weighted by Gasteiger charge is -2.35. The minimum atomic E-state index is 0.341. The van der Waals surface area contributed by atoms with Gasteiger partial charge in [-0.2, -0.15) is 0 Å². The van der Waals surface area contributed by atoms with E-state index < -0.39 is 0 Å². The molecule has 10 heterocycles. The third-order valence-corrected chi connectivity index (χ3v) is 17.3. The summed E-state index contributed by atoms with van der Waals surface area (Å²) < 4.78 is 24.4. The second kappa shape index (κ2) is 23.7. The molecule has 0 amide bonds. The van der Waals surface area contributed by atoms with E-state index in [1.54, 1.807) is 14.2 Å². The first-order valence-electron chi connectivity index (χ1n) is 28.8. The van der Waals surface area contributed by atoms with Gasteiger partial charge < -0.3 is 49.2 Å². The summed E-state index contributed by atoms with van der Waals surface area (Å²) in [4.78, 5) is 39.8. The second-order valence-corrected chi connectivity index (χ2v) is 22.2. The maximum Gasteiger partial charge on any atom is 0.219 e. The maximum absolute atomic E-state index is 6.42. The Balaban J connectivity index is 0.639. The number of ether oxygens (including phenoxy) is 4. The molecule has 0 saturated carbocycles. The van der Waals surface area contributed by atoms with Gasteiger partial charge in [-0.15, -0.1) is 0 Å². The van der Waals surface area contributed by atoms with E-state index in [2.05, 4.69) is 77.9 Å². The van der Waals surface area contributed by atoms with Gasteiger partial charge in [-0.3, -0.25) is 19.9 Å². The highest BCUT2D eigenvalue weighted by molar-refractivity contribution is 5.92. The average molecular weight is 1030 g/mol. The molecule has 2 N–H and O–H groups in total. The zero-order chi connectivity index (χ0) is 51.2. The Hall–Kier alpha value is -5.94. The third-order valence-electron chi connectivity index (χ3n) is 17.3. The van der Waals surface area contributed by atoms with Crippen molar-refractivity contribution in [2.45, 2.75) is 128 Å². The maximum atomic E-state index is 6.42. The van der Waals surface area contributed by atoms with Gasteiger partial charge >= 0.3 is 0 Å². The number of aryl methyl sites for hydroxylation is 2. The van der Waals surface area contributed by atoms with E-state index in [9.17, 15) is 0 Å². The van der Waals surface area contributed by atoms with Crippen LogP contribution >= 0.6 is 0 Å². The van der Waals surface area contributed by atoms with Crippen LogP contribution in [-0.4, -0.2) is 145 Å². The highest BCUT2D eigenvalue weighted by Gasteiger charge is 2.30. The molecule has 6 aliphatic rings. The third kappa shape index (κ3) is 11.4. The van der Waals surface area contributed by atoms with Crippen LogP contribution in [0, 0.1) is 0 Å². The summed E-state index contributed by atoms with van der Waals surface area (Å²) in [5.41, 5.74) is 16.8. The number of hydrogen-bond donors (Lipinski definition) is 2. The summed E-state index contributed by atoms with van der Waals surface area (Å²) in [6, 6.07) is 11.6. The van der Waals surface area contributed by atoms with Crippen molar-refractivity contribution in [3.63, 3.8) is 0 Å². The zero-order valence-corrected chi connectivity index (χ0v) is 45.0. The fourth-order valence-corrected chi connectivity index (χ4v) is 13.1. The fraction of sp³-hybridized carbons (Fsp3) is 0.567. The molecule has 4 fully saturated rings. The number of methoxy groups -OCH3 is 2. The SMILES string of the molecule is COc1nc2c(NC3CCN(c4cncc(C5CCN(CCOCc6cc7nc8c(c(NC9CCN(c%10ccncc%10)CC9)c7nc6OC)CCCCC8)C5)c4)CC3)c3c(nc2cc1COCCN1CCCC1)CCC3. The molecule has 16 heteroatoms. The van der Waals surface area contributed by atoms with Crippen LogP contribution < -0.4 is 29.9 Å². The van der Waals surface area contributed by atoms with E-state index in [1.807, 2.05) is 12.4 Å². The van der Waals surface area contributed by atoms with Crippen molar-refractivity contribution in [1.29, 1.82) is 0 Å². The van der Waals surface area contributed by atoms with Gasteiger partial charge in [0.05, 0.1) is 74.9 Å². The van der Waals surface area contributed by atoms with Crippen molar-refractivity contribution in [3.05, 3.63) is 94.3 Å². The molecule has 0 radical (unpaired) electrons. The molecule has 6 aromatic heterocycles. The van der Waals surface area contributed by atoms with Crippen LogP contribution in [0.2, 0.25) is 0 Å². The van der Waals surface area contributed by atoms with Crippen molar-refractivity contribution in [3.8, 4) is 11.8 Å². The van der Waals surface area contributed by atoms with Gasteiger partial charge in [0, 0.05) is 105 Å². The molecule has 16 nitrogen and oxygen atoms in total. The normalized spacial score (nSPS) is 19.8. The number of nitrogens with one attached hydrogen (secondary N) is 2. The number of likely N-dealkylation sites (tertiary alicyclic amines) is 2. The highest BCUT2D eigenvalue weighted by Crippen LogP contribution is 2.39. The van der Waals surface area contributed by atoms with Gasteiger partial charge in [0.2, 0.25) is 11.8 Å². The van der Waals surface area contributed by atoms with Crippen LogP contribution in [0.1, 0.15) is 116 Å². The quantitative estimate of drug-likeness (QED) is 0.0586. The van der Waals surface area contributed by atoms with Crippen LogP contribution in [0.25, 0.3) is 22.1 Å². The first kappa shape index (κ1) is 50.9. The molecule has 402 valence electrons. The van der Waals surface area contributed by atoms with E-state index >= 15 is 0 Å². The Morgan fingerprint density at radius 1 is 0.539 bits per heavy atom. The van der Waals surface area contributed by atoms with E-state index in [-0.39, 0.29) is 0 Å². The predicted molar refractivity (Wildman–Crippen MR) is 300 cm³/mol. The van der Waals surface area contributed by atoms with Crippen molar-refractivity contribution in [1.82, 2.24) is 39.7 Å². The molecule has 0 aromatic carbocycles. The van der Waals surface area contributed by atoms with E-state index in [1.165, 1.54) is 84.6 Å². The topological polar surface area (TPSA) is 151 Å². The monoisotopic (exact) mass is 1030 g/mol. The van der Waals surface area contributed by atoms with Crippen molar-refractivity contribution >= 4 is 44.8 Å². The lowest BCUT2D eigenvalue weighted by atomic mass is 9.99. The fourth-order valence-electron chi connectivity index (χ4n) is 13.1. The molecule has 0 spiro atoms. The van der Waals surface area contributed by atoms with Crippen molar-refractivity contribution in [2.24, 2.45) is 0 Å².